The van der Waals surface area contributed by atoms with Crippen LogP contribution >= 0.6 is 0 Å². The Morgan fingerprint density at radius 2 is 1.90 bits per heavy atom. The Morgan fingerprint density at radius 3 is 2.61 bits per heavy atom. The van der Waals surface area contributed by atoms with Crippen LogP contribution in [0.2, 0.25) is 0 Å². The highest BCUT2D eigenvalue weighted by Crippen LogP contribution is 2.35. The molecule has 0 saturated heterocycles. The molecule has 1 aliphatic rings. The minimum Gasteiger partial charge on any atom is -0.367 e. The summed E-state index contributed by atoms with van der Waals surface area (Å²) in [5, 5.41) is 10.9. The van der Waals surface area contributed by atoms with Crippen molar-refractivity contribution >= 4 is 28.2 Å². The van der Waals surface area contributed by atoms with Gasteiger partial charge in [-0.3, -0.25) is 4.79 Å². The number of nitrogens with one attached hydrogen (secondary N) is 2. The number of aromatic nitrogens is 4. The Kier molecular flexibility index (Phi) is 5.52. The fourth-order valence-corrected chi connectivity index (χ4v) is 3.66. The third-order valence-electron chi connectivity index (χ3n) is 5.41. The van der Waals surface area contributed by atoms with Crippen LogP contribution in [0.4, 0.5) is 30.6 Å². The number of aryl methyl sites for hydroxylation is 1. The van der Waals surface area contributed by atoms with E-state index in [0.717, 1.165) is 19.0 Å². The van der Waals surface area contributed by atoms with Crippen LogP contribution in [0.1, 0.15) is 31.2 Å². The van der Waals surface area contributed by atoms with Crippen molar-refractivity contribution in [3.63, 3.8) is 0 Å². The molecule has 31 heavy (non-hydrogen) atoms. The fourth-order valence-electron chi connectivity index (χ4n) is 3.66. The van der Waals surface area contributed by atoms with Gasteiger partial charge in [-0.05, 0) is 43.9 Å². The van der Waals surface area contributed by atoms with Crippen LogP contribution in [-0.2, 0) is 13.2 Å². The van der Waals surface area contributed by atoms with Gasteiger partial charge in [0.2, 0.25) is 5.95 Å². The highest BCUT2D eigenvalue weighted by Gasteiger charge is 2.36. The van der Waals surface area contributed by atoms with Crippen LogP contribution in [0, 0.1) is 0 Å². The van der Waals surface area contributed by atoms with Crippen LogP contribution in [0.25, 0.3) is 10.8 Å². The summed E-state index contributed by atoms with van der Waals surface area (Å²) in [6.07, 6.45) is 0.580. The van der Waals surface area contributed by atoms with Gasteiger partial charge in [0.05, 0.1) is 11.6 Å². The van der Waals surface area contributed by atoms with E-state index in [4.69, 9.17) is 5.73 Å². The molecule has 2 heterocycles. The molecule has 8 nitrogen and oxygen atoms in total. The molecule has 0 spiro atoms. The van der Waals surface area contributed by atoms with E-state index in [-0.39, 0.29) is 29.4 Å². The zero-order valence-electron chi connectivity index (χ0n) is 16.8. The van der Waals surface area contributed by atoms with Crippen molar-refractivity contribution in [3.8, 4) is 0 Å². The van der Waals surface area contributed by atoms with Crippen molar-refractivity contribution in [1.29, 1.82) is 0 Å². The number of halogens is 3. The van der Waals surface area contributed by atoms with E-state index in [1.54, 1.807) is 25.2 Å². The first-order chi connectivity index (χ1) is 14.7. The molecule has 1 fully saturated rings. The molecule has 0 aliphatic heterocycles. The fraction of sp³-hybridized carbons (Fsp3) is 0.400. The molecule has 1 aromatic carbocycles. The van der Waals surface area contributed by atoms with Gasteiger partial charge in [-0.1, -0.05) is 0 Å². The quantitative estimate of drug-likeness (QED) is 0.580. The van der Waals surface area contributed by atoms with Crippen molar-refractivity contribution in [2.24, 2.45) is 12.8 Å². The Labute approximate surface area is 175 Å². The smallest absolute Gasteiger partial charge is 0.367 e. The number of anilines is 3. The summed E-state index contributed by atoms with van der Waals surface area (Å²) in [6.45, 7) is 0. The molecule has 1 saturated carbocycles. The van der Waals surface area contributed by atoms with Gasteiger partial charge in [-0.25, -0.2) is 9.67 Å². The second-order valence-corrected chi connectivity index (χ2v) is 7.71. The van der Waals surface area contributed by atoms with Gasteiger partial charge in [0.1, 0.15) is 11.4 Å². The molecule has 0 unspecified atom stereocenters. The summed E-state index contributed by atoms with van der Waals surface area (Å²) in [4.78, 5) is 20.0. The van der Waals surface area contributed by atoms with Crippen molar-refractivity contribution in [2.45, 2.75) is 43.9 Å². The Balaban J connectivity index is 1.62. The highest BCUT2D eigenvalue weighted by atomic mass is 19.4. The number of rotatable bonds is 4. The van der Waals surface area contributed by atoms with Crippen molar-refractivity contribution in [1.82, 2.24) is 19.7 Å². The number of nitrogens with two attached hydrogens (primary N) is 1. The minimum atomic E-state index is -4.58. The molecule has 0 bridgehead atoms. The normalized spacial score (nSPS) is 19.4. The first kappa shape index (κ1) is 21.0. The van der Waals surface area contributed by atoms with Crippen LogP contribution in [-0.4, -0.2) is 31.8 Å². The van der Waals surface area contributed by atoms with Crippen molar-refractivity contribution in [3.05, 3.63) is 46.5 Å². The summed E-state index contributed by atoms with van der Waals surface area (Å²) >= 11 is 0. The lowest BCUT2D eigenvalue weighted by Gasteiger charge is -2.28. The van der Waals surface area contributed by atoms with Gasteiger partial charge < -0.3 is 16.4 Å². The number of hydrogen-bond donors (Lipinski definition) is 3. The SMILES string of the molecule is Cn1ncc2cc(Nc3ncc(C(F)(F)F)c(NC4CCC(N)CC4)n3)ccc2c1=O. The molecule has 0 amide bonds. The van der Waals surface area contributed by atoms with Gasteiger partial charge in [0.25, 0.3) is 5.56 Å². The average Bonchev–Trinajstić information content (AvgIpc) is 2.72. The molecule has 4 rings (SSSR count). The summed E-state index contributed by atoms with van der Waals surface area (Å²) < 4.78 is 41.6. The van der Waals surface area contributed by atoms with Crippen molar-refractivity contribution < 1.29 is 13.2 Å². The van der Waals surface area contributed by atoms with Gasteiger partial charge in [0.15, 0.2) is 0 Å². The number of alkyl halides is 3. The van der Waals surface area contributed by atoms with E-state index >= 15 is 0 Å². The Morgan fingerprint density at radius 1 is 1.16 bits per heavy atom. The third-order valence-corrected chi connectivity index (χ3v) is 5.41. The van der Waals surface area contributed by atoms with Crippen molar-refractivity contribution in [2.75, 3.05) is 10.6 Å². The lowest BCUT2D eigenvalue weighted by Crippen LogP contribution is -2.33. The van der Waals surface area contributed by atoms with E-state index in [1.165, 1.54) is 10.9 Å². The molecule has 4 N–H and O–H groups in total. The van der Waals surface area contributed by atoms with E-state index in [9.17, 15) is 18.0 Å². The monoisotopic (exact) mass is 433 g/mol. The van der Waals surface area contributed by atoms with Gasteiger partial charge in [-0.2, -0.15) is 23.3 Å². The molecular formula is C20H22F3N7O. The summed E-state index contributed by atoms with van der Waals surface area (Å²) in [7, 11) is 1.55. The summed E-state index contributed by atoms with van der Waals surface area (Å²) in [5.41, 5.74) is 5.25. The standard InChI is InChI=1S/C20H22F3N7O/c1-30-18(31)15-7-6-14(8-11(15)9-26-30)28-19-25-10-16(20(21,22)23)17(29-19)27-13-4-2-12(24)3-5-13/h6-10,12-13H,2-5,24H2,1H3,(H2,25,27,28,29). The number of fused-ring (bicyclic) bond motifs is 1. The third kappa shape index (κ3) is 4.61. The Hall–Kier alpha value is -3.21. The molecular weight excluding hydrogens is 411 g/mol. The first-order valence-electron chi connectivity index (χ1n) is 9.90. The molecule has 11 heteroatoms. The Bertz CT molecular complexity index is 1150. The molecule has 164 valence electrons. The summed E-state index contributed by atoms with van der Waals surface area (Å²) in [6, 6.07) is 4.88. The van der Waals surface area contributed by atoms with E-state index < -0.39 is 11.7 Å². The maximum atomic E-state index is 13.5. The number of hydrogen-bond acceptors (Lipinski definition) is 7. The van der Waals surface area contributed by atoms with Gasteiger partial charge in [0, 0.05) is 36.4 Å². The first-order valence-corrected chi connectivity index (χ1v) is 9.90. The van der Waals surface area contributed by atoms with Crippen LogP contribution < -0.4 is 21.9 Å². The van der Waals surface area contributed by atoms with Crippen LogP contribution in [0.5, 0.6) is 0 Å². The molecule has 0 atom stereocenters. The zero-order valence-corrected chi connectivity index (χ0v) is 16.8. The second kappa shape index (κ2) is 8.14. The lowest BCUT2D eigenvalue weighted by atomic mass is 9.92. The molecule has 1 aliphatic carbocycles. The van der Waals surface area contributed by atoms with E-state index in [0.29, 0.717) is 29.3 Å². The lowest BCUT2D eigenvalue weighted by molar-refractivity contribution is -0.137. The van der Waals surface area contributed by atoms with Gasteiger partial charge >= 0.3 is 6.18 Å². The minimum absolute atomic E-state index is 0.0131. The summed E-state index contributed by atoms with van der Waals surface area (Å²) in [5.74, 6) is -0.249. The molecule has 2 aromatic heterocycles. The molecule has 0 radical (unpaired) electrons. The number of nitrogens with zero attached hydrogens (tertiary/aromatic N) is 4. The van der Waals surface area contributed by atoms with Crippen LogP contribution in [0.15, 0.2) is 35.4 Å². The largest absolute Gasteiger partial charge is 0.421 e. The zero-order chi connectivity index (χ0) is 22.2. The van der Waals surface area contributed by atoms with E-state index in [1.807, 2.05) is 0 Å². The highest BCUT2D eigenvalue weighted by molar-refractivity contribution is 5.84. The number of benzene rings is 1. The predicted molar refractivity (Wildman–Crippen MR) is 111 cm³/mol. The van der Waals surface area contributed by atoms with E-state index in [2.05, 4.69) is 25.7 Å². The maximum absolute atomic E-state index is 13.5. The predicted octanol–water partition coefficient (Wildman–Crippen LogP) is 3.17. The van der Waals surface area contributed by atoms with Crippen LogP contribution in [0.3, 0.4) is 0 Å². The maximum Gasteiger partial charge on any atom is 0.421 e. The topological polar surface area (TPSA) is 111 Å². The second-order valence-electron chi connectivity index (χ2n) is 7.71. The average molecular weight is 433 g/mol. The van der Waals surface area contributed by atoms with Gasteiger partial charge in [-0.15, -0.1) is 0 Å². The molecule has 3 aromatic rings.